The van der Waals surface area contributed by atoms with Crippen molar-refractivity contribution < 1.29 is 9.53 Å². The molecule has 0 saturated carbocycles. The number of hydrogen-bond acceptors (Lipinski definition) is 4. The van der Waals surface area contributed by atoms with Gasteiger partial charge in [-0.3, -0.25) is 4.79 Å². The van der Waals surface area contributed by atoms with Gasteiger partial charge in [0.05, 0.1) is 19.6 Å². The summed E-state index contributed by atoms with van der Waals surface area (Å²) in [5, 5.41) is 0. The number of fused-ring (bicyclic) bond motifs is 1. The van der Waals surface area contributed by atoms with Crippen LogP contribution in [0.1, 0.15) is 47.2 Å². The molecule has 0 spiro atoms. The number of ether oxygens (including phenoxy) is 1. The summed E-state index contributed by atoms with van der Waals surface area (Å²) in [4.78, 5) is 23.5. The maximum Gasteiger partial charge on any atom is 0.227 e. The second kappa shape index (κ2) is 7.54. The quantitative estimate of drug-likeness (QED) is 0.853. The number of aryl methyl sites for hydroxylation is 3. The third-order valence-electron chi connectivity index (χ3n) is 5.29. The van der Waals surface area contributed by atoms with Crippen molar-refractivity contribution in [2.24, 2.45) is 0 Å². The van der Waals surface area contributed by atoms with Crippen LogP contribution in [0.4, 0.5) is 0 Å². The fraction of sp³-hybridized carbons (Fsp3) is 0.476. The summed E-state index contributed by atoms with van der Waals surface area (Å²) in [6.45, 7) is 3.62. The average molecular weight is 351 g/mol. The van der Waals surface area contributed by atoms with Crippen LogP contribution in [0.2, 0.25) is 0 Å². The standard InChI is InChI=1S/C21H25N3O2/c1-15-8-9-22-21(23-15)19-14-24(10-11-26-19)20(25)13-16-6-7-17-4-2-3-5-18(17)12-16/h6-9,12,19H,2-5,10-11,13-14H2,1H3/t19-/m1/s1. The largest absolute Gasteiger partial charge is 0.367 e. The Morgan fingerprint density at radius 3 is 2.92 bits per heavy atom. The van der Waals surface area contributed by atoms with Gasteiger partial charge in [0.2, 0.25) is 5.91 Å². The lowest BCUT2D eigenvalue weighted by Crippen LogP contribution is -2.43. The topological polar surface area (TPSA) is 55.3 Å². The number of amides is 1. The molecule has 1 aromatic carbocycles. The molecular formula is C21H25N3O2. The van der Waals surface area contributed by atoms with Gasteiger partial charge in [0.15, 0.2) is 5.82 Å². The maximum absolute atomic E-state index is 12.8. The van der Waals surface area contributed by atoms with Crippen LogP contribution in [0.15, 0.2) is 30.5 Å². The SMILES string of the molecule is Cc1ccnc([C@H]2CN(C(=O)Cc3ccc4c(c3)CCCC4)CCO2)n1. The third-order valence-corrected chi connectivity index (χ3v) is 5.29. The number of rotatable bonds is 3. The minimum absolute atomic E-state index is 0.154. The number of benzene rings is 1. The highest BCUT2D eigenvalue weighted by Gasteiger charge is 2.27. The van der Waals surface area contributed by atoms with Crippen LogP contribution in [0, 0.1) is 6.92 Å². The van der Waals surface area contributed by atoms with Crippen molar-refractivity contribution in [2.45, 2.75) is 45.1 Å². The summed E-state index contributed by atoms with van der Waals surface area (Å²) < 4.78 is 5.81. The van der Waals surface area contributed by atoms with Crippen LogP contribution in [0.5, 0.6) is 0 Å². The Morgan fingerprint density at radius 2 is 2.08 bits per heavy atom. The van der Waals surface area contributed by atoms with Crippen molar-refractivity contribution >= 4 is 5.91 Å². The number of morpholine rings is 1. The molecule has 1 fully saturated rings. The zero-order valence-corrected chi connectivity index (χ0v) is 15.3. The van der Waals surface area contributed by atoms with Crippen molar-refractivity contribution in [1.29, 1.82) is 0 Å². The zero-order valence-electron chi connectivity index (χ0n) is 15.3. The Hall–Kier alpha value is -2.27. The van der Waals surface area contributed by atoms with E-state index in [1.165, 1.54) is 30.4 Å². The van der Waals surface area contributed by atoms with Gasteiger partial charge in [0, 0.05) is 18.4 Å². The minimum Gasteiger partial charge on any atom is -0.367 e. The molecule has 0 unspecified atom stereocenters. The van der Waals surface area contributed by atoms with E-state index >= 15 is 0 Å². The Kier molecular flexibility index (Phi) is 4.98. The second-order valence-corrected chi connectivity index (χ2v) is 7.24. The number of carbonyl (C=O) groups is 1. The van der Waals surface area contributed by atoms with E-state index in [0.29, 0.717) is 31.9 Å². The van der Waals surface area contributed by atoms with E-state index in [2.05, 4.69) is 28.2 Å². The van der Waals surface area contributed by atoms with Crippen molar-refractivity contribution in [1.82, 2.24) is 14.9 Å². The highest BCUT2D eigenvalue weighted by molar-refractivity contribution is 5.79. The van der Waals surface area contributed by atoms with Gasteiger partial charge in [-0.1, -0.05) is 18.2 Å². The van der Waals surface area contributed by atoms with Crippen molar-refractivity contribution in [3.63, 3.8) is 0 Å². The molecule has 4 rings (SSSR count). The van der Waals surface area contributed by atoms with Gasteiger partial charge >= 0.3 is 0 Å². The maximum atomic E-state index is 12.8. The minimum atomic E-state index is -0.240. The predicted molar refractivity (Wildman–Crippen MR) is 98.8 cm³/mol. The van der Waals surface area contributed by atoms with Gasteiger partial charge in [-0.2, -0.15) is 0 Å². The van der Waals surface area contributed by atoms with E-state index in [4.69, 9.17) is 4.74 Å². The summed E-state index contributed by atoms with van der Waals surface area (Å²) >= 11 is 0. The molecule has 0 bridgehead atoms. The molecule has 1 atom stereocenters. The molecule has 26 heavy (non-hydrogen) atoms. The van der Waals surface area contributed by atoms with Crippen LogP contribution in [-0.2, 0) is 28.8 Å². The van der Waals surface area contributed by atoms with Gasteiger partial charge in [0.25, 0.3) is 0 Å². The van der Waals surface area contributed by atoms with Gasteiger partial charge in [0.1, 0.15) is 6.10 Å². The molecular weight excluding hydrogens is 326 g/mol. The van der Waals surface area contributed by atoms with Crippen LogP contribution in [-0.4, -0.2) is 40.5 Å². The fourth-order valence-corrected chi connectivity index (χ4v) is 3.84. The second-order valence-electron chi connectivity index (χ2n) is 7.24. The van der Waals surface area contributed by atoms with Crippen molar-refractivity contribution in [3.8, 4) is 0 Å². The lowest BCUT2D eigenvalue weighted by Gasteiger charge is -2.32. The van der Waals surface area contributed by atoms with Gasteiger partial charge in [-0.25, -0.2) is 9.97 Å². The van der Waals surface area contributed by atoms with E-state index in [1.807, 2.05) is 17.9 Å². The van der Waals surface area contributed by atoms with Gasteiger partial charge in [-0.15, -0.1) is 0 Å². The average Bonchev–Trinajstić information content (AvgIpc) is 2.68. The number of aromatic nitrogens is 2. The molecule has 2 aliphatic rings. The summed E-state index contributed by atoms with van der Waals surface area (Å²) in [6, 6.07) is 8.42. The first-order valence-electron chi connectivity index (χ1n) is 9.48. The summed E-state index contributed by atoms with van der Waals surface area (Å²) in [5.74, 6) is 0.818. The van der Waals surface area contributed by atoms with E-state index < -0.39 is 0 Å². The molecule has 1 amide bonds. The van der Waals surface area contributed by atoms with Crippen LogP contribution < -0.4 is 0 Å². The lowest BCUT2D eigenvalue weighted by atomic mass is 9.90. The first kappa shape index (κ1) is 17.2. The van der Waals surface area contributed by atoms with E-state index in [1.54, 1.807) is 6.20 Å². The Balaban J connectivity index is 1.43. The first-order valence-corrected chi connectivity index (χ1v) is 9.48. The summed E-state index contributed by atoms with van der Waals surface area (Å²) in [6.07, 6.45) is 6.81. The molecule has 136 valence electrons. The first-order chi connectivity index (χ1) is 12.7. The Morgan fingerprint density at radius 1 is 1.23 bits per heavy atom. The monoisotopic (exact) mass is 351 g/mol. The molecule has 1 aliphatic carbocycles. The number of hydrogen-bond donors (Lipinski definition) is 0. The number of carbonyl (C=O) groups excluding carboxylic acids is 1. The van der Waals surface area contributed by atoms with E-state index in [-0.39, 0.29) is 12.0 Å². The van der Waals surface area contributed by atoms with Gasteiger partial charge < -0.3 is 9.64 Å². The van der Waals surface area contributed by atoms with Crippen molar-refractivity contribution in [3.05, 3.63) is 58.7 Å². The van der Waals surface area contributed by atoms with E-state index in [9.17, 15) is 4.79 Å². The molecule has 5 heteroatoms. The smallest absolute Gasteiger partial charge is 0.227 e. The van der Waals surface area contributed by atoms with Gasteiger partial charge in [-0.05, 0) is 55.4 Å². The normalized spacial score (nSPS) is 19.9. The predicted octanol–water partition coefficient (Wildman–Crippen LogP) is 2.81. The van der Waals surface area contributed by atoms with Crippen LogP contribution in [0.25, 0.3) is 0 Å². The fourth-order valence-electron chi connectivity index (χ4n) is 3.84. The Labute approximate surface area is 154 Å². The van der Waals surface area contributed by atoms with E-state index in [0.717, 1.165) is 17.7 Å². The molecule has 2 aromatic rings. The number of nitrogens with zero attached hydrogens (tertiary/aromatic N) is 3. The lowest BCUT2D eigenvalue weighted by molar-refractivity contribution is -0.138. The van der Waals surface area contributed by atoms with Crippen LogP contribution >= 0.6 is 0 Å². The van der Waals surface area contributed by atoms with Crippen molar-refractivity contribution in [2.75, 3.05) is 19.7 Å². The highest BCUT2D eigenvalue weighted by atomic mass is 16.5. The molecule has 1 aromatic heterocycles. The molecule has 5 nitrogen and oxygen atoms in total. The summed E-state index contributed by atoms with van der Waals surface area (Å²) in [7, 11) is 0. The molecule has 2 heterocycles. The van der Waals surface area contributed by atoms with Crippen LogP contribution in [0.3, 0.4) is 0 Å². The Bertz CT molecular complexity index is 806. The molecule has 1 aliphatic heterocycles. The molecule has 0 N–H and O–H groups in total. The summed E-state index contributed by atoms with van der Waals surface area (Å²) in [5.41, 5.74) is 4.91. The zero-order chi connectivity index (χ0) is 17.9. The third kappa shape index (κ3) is 3.78. The molecule has 0 radical (unpaired) electrons. The molecule has 1 saturated heterocycles. The highest BCUT2D eigenvalue weighted by Crippen LogP contribution is 2.24.